The highest BCUT2D eigenvalue weighted by Gasteiger charge is 2.20. The van der Waals surface area contributed by atoms with Gasteiger partial charge in [-0.3, -0.25) is 14.3 Å². The second-order valence-corrected chi connectivity index (χ2v) is 9.53. The van der Waals surface area contributed by atoms with Gasteiger partial charge in [-0.2, -0.15) is 5.10 Å². The van der Waals surface area contributed by atoms with Gasteiger partial charge < -0.3 is 24.7 Å². The van der Waals surface area contributed by atoms with E-state index in [1.54, 1.807) is 6.07 Å². The summed E-state index contributed by atoms with van der Waals surface area (Å²) in [7, 11) is 5.95. The van der Waals surface area contributed by atoms with Crippen molar-refractivity contribution in [2.24, 2.45) is 14.1 Å². The summed E-state index contributed by atoms with van der Waals surface area (Å²) >= 11 is 0. The molecule has 10 nitrogen and oxygen atoms in total. The molecule has 0 radical (unpaired) electrons. The summed E-state index contributed by atoms with van der Waals surface area (Å²) in [5.41, 5.74) is 5.22. The van der Waals surface area contributed by atoms with Crippen molar-refractivity contribution in [3.05, 3.63) is 48.4 Å². The van der Waals surface area contributed by atoms with Crippen molar-refractivity contribution in [1.82, 2.24) is 39.4 Å². The molecule has 1 aromatic carbocycles. The van der Waals surface area contributed by atoms with Crippen LogP contribution in [-0.4, -0.2) is 85.7 Å². The molecule has 0 aliphatic carbocycles. The van der Waals surface area contributed by atoms with Crippen LogP contribution in [-0.2, 0) is 18.9 Å². The van der Waals surface area contributed by atoms with Gasteiger partial charge in [0.15, 0.2) is 0 Å². The van der Waals surface area contributed by atoms with Crippen LogP contribution in [0.3, 0.4) is 0 Å². The van der Waals surface area contributed by atoms with Gasteiger partial charge in [0.25, 0.3) is 5.91 Å². The third-order valence-corrected chi connectivity index (χ3v) is 7.15. The molecule has 0 atom stereocenters. The maximum absolute atomic E-state index is 13.0. The van der Waals surface area contributed by atoms with Gasteiger partial charge in [-0.1, -0.05) is 0 Å². The van der Waals surface area contributed by atoms with E-state index < -0.39 is 0 Å². The number of nitrogens with one attached hydrogen (secondary N) is 2. The van der Waals surface area contributed by atoms with E-state index in [2.05, 4.69) is 37.5 Å². The highest BCUT2D eigenvalue weighted by molar-refractivity contribution is 6.07. The van der Waals surface area contributed by atoms with E-state index in [1.807, 2.05) is 59.8 Å². The molecule has 1 saturated heterocycles. The maximum Gasteiger partial charge on any atom is 0.251 e. The number of hydrogen-bond acceptors (Lipinski definition) is 5. The van der Waals surface area contributed by atoms with Gasteiger partial charge in [0, 0.05) is 91.2 Å². The average molecular weight is 485 g/mol. The number of amides is 2. The molecular formula is C26H28N8O2. The number of likely N-dealkylation sites (N-methyl/N-ethyl adjacent to an activating group) is 1. The summed E-state index contributed by atoms with van der Waals surface area (Å²) in [6.07, 6.45) is 5.68. The quantitative estimate of drug-likeness (QED) is 0.407. The largest absolute Gasteiger partial charge is 0.350 e. The smallest absolute Gasteiger partial charge is 0.251 e. The number of rotatable bonds is 4. The first-order valence-electron chi connectivity index (χ1n) is 12.0. The third kappa shape index (κ3) is 3.70. The molecule has 5 heterocycles. The van der Waals surface area contributed by atoms with Crippen molar-refractivity contribution < 1.29 is 9.59 Å². The van der Waals surface area contributed by atoms with Crippen LogP contribution in [0, 0.1) is 0 Å². The van der Waals surface area contributed by atoms with Gasteiger partial charge in [0.2, 0.25) is 5.91 Å². The monoisotopic (exact) mass is 484 g/mol. The molecule has 36 heavy (non-hydrogen) atoms. The van der Waals surface area contributed by atoms with Crippen molar-refractivity contribution >= 4 is 44.7 Å². The summed E-state index contributed by atoms with van der Waals surface area (Å²) in [5.74, 6) is -0.311. The highest BCUT2D eigenvalue weighted by atomic mass is 16.2. The molecule has 0 spiro atoms. The van der Waals surface area contributed by atoms with E-state index in [-0.39, 0.29) is 18.4 Å². The van der Waals surface area contributed by atoms with E-state index in [0.29, 0.717) is 18.7 Å². The summed E-state index contributed by atoms with van der Waals surface area (Å²) in [4.78, 5) is 37.5. The van der Waals surface area contributed by atoms with Crippen molar-refractivity contribution in [2.75, 3.05) is 39.8 Å². The molecular weight excluding hydrogens is 456 g/mol. The molecule has 0 unspecified atom stereocenters. The fraction of sp³-hybridized carbons (Fsp3) is 0.308. The van der Waals surface area contributed by atoms with Crippen molar-refractivity contribution in [3.63, 3.8) is 0 Å². The minimum absolute atomic E-state index is 0.00336. The molecule has 0 saturated carbocycles. The van der Waals surface area contributed by atoms with Crippen LogP contribution in [0.4, 0.5) is 0 Å². The predicted octanol–water partition coefficient (Wildman–Crippen LogP) is 2.11. The second-order valence-electron chi connectivity index (χ2n) is 9.53. The number of hydrogen-bond donors (Lipinski definition) is 2. The lowest BCUT2D eigenvalue weighted by atomic mass is 10.1. The molecule has 2 amide bonds. The summed E-state index contributed by atoms with van der Waals surface area (Å²) in [5, 5.41) is 10.1. The Bertz CT molecular complexity index is 1630. The Hall–Kier alpha value is -4.18. The molecule has 4 aromatic heterocycles. The highest BCUT2D eigenvalue weighted by Crippen LogP contribution is 2.34. The molecule has 5 aromatic rings. The predicted molar refractivity (Wildman–Crippen MR) is 139 cm³/mol. The zero-order chi connectivity index (χ0) is 25.0. The SMILES string of the molecule is CN1CCN(C(=O)CNC(=O)c2ccc3c(c2)c(-c2cc4c(ncc5cnn(C)c54)[nH]2)cn3C)CC1. The number of aryl methyl sites for hydroxylation is 2. The second kappa shape index (κ2) is 8.49. The van der Waals surface area contributed by atoms with Gasteiger partial charge >= 0.3 is 0 Å². The van der Waals surface area contributed by atoms with Crippen molar-refractivity contribution in [3.8, 4) is 11.3 Å². The van der Waals surface area contributed by atoms with E-state index in [1.165, 1.54) is 0 Å². The minimum Gasteiger partial charge on any atom is -0.350 e. The zero-order valence-electron chi connectivity index (χ0n) is 20.6. The number of carbonyl (C=O) groups is 2. The molecule has 1 fully saturated rings. The number of H-pyrrole nitrogens is 1. The van der Waals surface area contributed by atoms with Crippen LogP contribution in [0.15, 0.2) is 42.9 Å². The molecule has 1 aliphatic rings. The first-order chi connectivity index (χ1) is 17.4. The Balaban J connectivity index is 1.29. The van der Waals surface area contributed by atoms with E-state index in [0.717, 1.165) is 57.2 Å². The van der Waals surface area contributed by atoms with Crippen LogP contribution in [0.1, 0.15) is 10.4 Å². The van der Waals surface area contributed by atoms with E-state index >= 15 is 0 Å². The van der Waals surface area contributed by atoms with Gasteiger partial charge in [-0.15, -0.1) is 0 Å². The van der Waals surface area contributed by atoms with E-state index in [9.17, 15) is 9.59 Å². The number of carbonyl (C=O) groups excluding carboxylic acids is 2. The lowest BCUT2D eigenvalue weighted by Crippen LogP contribution is -2.50. The molecule has 2 N–H and O–H groups in total. The van der Waals surface area contributed by atoms with Crippen LogP contribution in [0.5, 0.6) is 0 Å². The number of aromatic amines is 1. The fourth-order valence-electron chi connectivity index (χ4n) is 5.06. The Morgan fingerprint density at radius 2 is 1.83 bits per heavy atom. The Labute approximate surface area is 207 Å². The maximum atomic E-state index is 13.0. The number of nitrogens with zero attached hydrogens (tertiary/aromatic N) is 6. The summed E-state index contributed by atoms with van der Waals surface area (Å²) in [6, 6.07) is 7.71. The molecule has 1 aliphatic heterocycles. The third-order valence-electron chi connectivity index (χ3n) is 7.15. The van der Waals surface area contributed by atoms with Gasteiger partial charge in [0.1, 0.15) is 5.65 Å². The van der Waals surface area contributed by atoms with Gasteiger partial charge in [-0.25, -0.2) is 4.98 Å². The zero-order valence-corrected chi connectivity index (χ0v) is 20.6. The van der Waals surface area contributed by atoms with Crippen molar-refractivity contribution in [1.29, 1.82) is 0 Å². The van der Waals surface area contributed by atoms with E-state index in [4.69, 9.17) is 0 Å². The summed E-state index contributed by atoms with van der Waals surface area (Å²) in [6.45, 7) is 3.08. The van der Waals surface area contributed by atoms with Crippen LogP contribution >= 0.6 is 0 Å². The lowest BCUT2D eigenvalue weighted by molar-refractivity contribution is -0.131. The number of piperazine rings is 1. The minimum atomic E-state index is -0.260. The van der Waals surface area contributed by atoms with Gasteiger partial charge in [0.05, 0.1) is 18.3 Å². The molecule has 184 valence electrons. The average Bonchev–Trinajstić information content (AvgIpc) is 3.57. The number of pyridine rings is 1. The number of fused-ring (bicyclic) bond motifs is 4. The number of aromatic nitrogens is 5. The summed E-state index contributed by atoms with van der Waals surface area (Å²) < 4.78 is 3.90. The molecule has 10 heteroatoms. The Morgan fingerprint density at radius 1 is 1.03 bits per heavy atom. The first kappa shape index (κ1) is 22.3. The normalized spacial score (nSPS) is 14.8. The Morgan fingerprint density at radius 3 is 2.64 bits per heavy atom. The number of benzene rings is 1. The van der Waals surface area contributed by atoms with Crippen LogP contribution in [0.25, 0.3) is 44.1 Å². The lowest BCUT2D eigenvalue weighted by Gasteiger charge is -2.32. The van der Waals surface area contributed by atoms with Crippen LogP contribution < -0.4 is 5.32 Å². The Kier molecular flexibility index (Phi) is 5.26. The van der Waals surface area contributed by atoms with Crippen molar-refractivity contribution in [2.45, 2.75) is 0 Å². The molecule has 0 bridgehead atoms. The fourth-order valence-corrected chi connectivity index (χ4v) is 5.06. The van der Waals surface area contributed by atoms with Crippen LogP contribution in [0.2, 0.25) is 0 Å². The standard InChI is InChI=1S/C26H28N8O2/c1-31-6-8-34(9-7-31)23(35)14-28-26(36)16-4-5-22-18(10-16)20(15-32(22)2)21-11-19-24-17(13-29-33(24)3)12-27-25(19)30-21/h4-5,10-13,15H,6-9,14H2,1-3H3,(H,27,30)(H,28,36). The molecule has 6 rings (SSSR count). The topological polar surface area (TPSA) is 104 Å². The van der Waals surface area contributed by atoms with Gasteiger partial charge in [-0.05, 0) is 31.3 Å². The first-order valence-corrected chi connectivity index (χ1v) is 12.0.